The molecule has 0 radical (unpaired) electrons. The van der Waals surface area contributed by atoms with Crippen molar-refractivity contribution in [1.29, 1.82) is 5.26 Å². The van der Waals surface area contributed by atoms with Gasteiger partial charge in [-0.05, 0) is 80.6 Å². The summed E-state index contributed by atoms with van der Waals surface area (Å²) in [6, 6.07) is 20.8. The fourth-order valence-electron chi connectivity index (χ4n) is 4.70. The van der Waals surface area contributed by atoms with Crippen molar-refractivity contribution in [2.45, 2.75) is 44.6 Å². The predicted molar refractivity (Wildman–Crippen MR) is 152 cm³/mol. The molecule has 0 spiro atoms. The van der Waals surface area contributed by atoms with E-state index in [4.69, 9.17) is 9.72 Å². The van der Waals surface area contributed by atoms with Gasteiger partial charge >= 0.3 is 0 Å². The molecule has 0 unspecified atom stereocenters. The molecule has 37 heavy (non-hydrogen) atoms. The molecule has 186 valence electrons. The van der Waals surface area contributed by atoms with Crippen LogP contribution in [0.3, 0.4) is 0 Å². The lowest BCUT2D eigenvalue weighted by Gasteiger charge is -2.22. The van der Waals surface area contributed by atoms with Gasteiger partial charge in [0.2, 0.25) is 0 Å². The zero-order chi connectivity index (χ0) is 25.8. The monoisotopic (exact) mass is 618 g/mol. The number of nitrogens with zero attached hydrogens (tertiary/aromatic N) is 4. The molecule has 1 fully saturated rings. The molecule has 1 saturated carbocycles. The Bertz CT molecular complexity index is 1560. The number of fused-ring (bicyclic) bond motifs is 1. The smallest absolute Gasteiger partial charge is 0.282 e. The average molecular weight is 620 g/mol. The maximum absolute atomic E-state index is 13.4. The van der Waals surface area contributed by atoms with Gasteiger partial charge in [-0.25, -0.2) is 4.98 Å². The van der Waals surface area contributed by atoms with Gasteiger partial charge in [0.1, 0.15) is 18.2 Å². The second kappa shape index (κ2) is 11.4. The van der Waals surface area contributed by atoms with Gasteiger partial charge in [0.15, 0.2) is 0 Å². The molecule has 0 saturated heterocycles. The summed E-state index contributed by atoms with van der Waals surface area (Å²) in [5.74, 6) is 1.57. The molecule has 1 heterocycles. The fraction of sp³-hybridized carbons (Fsp3) is 0.241. The van der Waals surface area contributed by atoms with E-state index in [0.717, 1.165) is 51.6 Å². The van der Waals surface area contributed by atoms with Crippen LogP contribution in [0.1, 0.15) is 60.5 Å². The van der Waals surface area contributed by atoms with Gasteiger partial charge in [-0.2, -0.15) is 15.0 Å². The van der Waals surface area contributed by atoms with Crippen LogP contribution in [-0.2, 0) is 6.61 Å². The van der Waals surface area contributed by atoms with Crippen molar-refractivity contribution in [3.8, 4) is 11.8 Å². The third-order valence-electron chi connectivity index (χ3n) is 6.60. The normalized spacial score (nSPS) is 14.2. The second-order valence-corrected chi connectivity index (χ2v) is 10.8. The zero-order valence-corrected chi connectivity index (χ0v) is 23.2. The Morgan fingerprint density at radius 2 is 1.76 bits per heavy atom. The lowest BCUT2D eigenvalue weighted by atomic mass is 9.88. The van der Waals surface area contributed by atoms with Crippen molar-refractivity contribution in [3.63, 3.8) is 0 Å². The van der Waals surface area contributed by atoms with Crippen LogP contribution in [0.4, 0.5) is 0 Å². The zero-order valence-electron chi connectivity index (χ0n) is 20.0. The molecule has 0 bridgehead atoms. The first kappa shape index (κ1) is 25.4. The minimum atomic E-state index is -0.156. The van der Waals surface area contributed by atoms with E-state index < -0.39 is 0 Å². The van der Waals surface area contributed by atoms with Crippen molar-refractivity contribution in [2.24, 2.45) is 5.10 Å². The molecule has 1 aliphatic rings. The van der Waals surface area contributed by atoms with Crippen molar-refractivity contribution in [3.05, 3.63) is 102 Å². The largest absolute Gasteiger partial charge is 0.486 e. The molecule has 8 heteroatoms. The van der Waals surface area contributed by atoms with Gasteiger partial charge in [0.05, 0.1) is 37.7 Å². The molecule has 1 aromatic heterocycles. The summed E-state index contributed by atoms with van der Waals surface area (Å²) in [5.41, 5.74) is 2.74. The van der Waals surface area contributed by atoms with Crippen LogP contribution in [0.25, 0.3) is 10.9 Å². The Kier molecular flexibility index (Phi) is 7.82. The van der Waals surface area contributed by atoms with Crippen molar-refractivity contribution < 1.29 is 4.74 Å². The number of hydrogen-bond donors (Lipinski definition) is 0. The van der Waals surface area contributed by atoms with Crippen LogP contribution >= 0.6 is 31.9 Å². The highest BCUT2D eigenvalue weighted by Crippen LogP contribution is 2.35. The van der Waals surface area contributed by atoms with Crippen LogP contribution in [0, 0.1) is 11.3 Å². The minimum absolute atomic E-state index is 0.156. The molecule has 0 aliphatic heterocycles. The third kappa shape index (κ3) is 5.53. The Hall–Kier alpha value is -3.28. The summed E-state index contributed by atoms with van der Waals surface area (Å²) in [6.45, 7) is 0.261. The van der Waals surface area contributed by atoms with E-state index in [1.54, 1.807) is 18.3 Å². The highest BCUT2D eigenvalue weighted by molar-refractivity contribution is 9.11. The molecule has 6 nitrogen and oxygen atoms in total. The number of nitriles is 1. The third-order valence-corrected chi connectivity index (χ3v) is 7.78. The van der Waals surface area contributed by atoms with Gasteiger partial charge in [0, 0.05) is 11.5 Å². The Morgan fingerprint density at radius 1 is 1.05 bits per heavy atom. The van der Waals surface area contributed by atoms with Crippen molar-refractivity contribution >= 4 is 49.0 Å². The lowest BCUT2D eigenvalue weighted by molar-refractivity contribution is 0.302. The molecule has 0 atom stereocenters. The van der Waals surface area contributed by atoms with Gasteiger partial charge < -0.3 is 4.74 Å². The van der Waals surface area contributed by atoms with Crippen LogP contribution in [0.2, 0.25) is 0 Å². The van der Waals surface area contributed by atoms with Crippen LogP contribution in [0.5, 0.6) is 5.75 Å². The molecule has 1 aliphatic carbocycles. The van der Waals surface area contributed by atoms with Crippen LogP contribution in [-0.4, -0.2) is 15.9 Å². The van der Waals surface area contributed by atoms with Crippen LogP contribution < -0.4 is 10.3 Å². The lowest BCUT2D eigenvalue weighted by Crippen LogP contribution is -2.25. The maximum Gasteiger partial charge on any atom is 0.282 e. The summed E-state index contributed by atoms with van der Waals surface area (Å²) in [4.78, 5) is 18.3. The van der Waals surface area contributed by atoms with E-state index >= 15 is 0 Å². The fourth-order valence-corrected chi connectivity index (χ4v) is 6.15. The molecule has 0 amide bonds. The van der Waals surface area contributed by atoms with E-state index in [2.05, 4.69) is 43.0 Å². The maximum atomic E-state index is 13.4. The topological polar surface area (TPSA) is 80.3 Å². The number of benzene rings is 3. The van der Waals surface area contributed by atoms with Crippen molar-refractivity contribution in [1.82, 2.24) is 9.66 Å². The molecular formula is C29H24Br2N4O2. The van der Waals surface area contributed by atoms with Crippen molar-refractivity contribution in [2.75, 3.05) is 0 Å². The first-order chi connectivity index (χ1) is 18.0. The summed E-state index contributed by atoms with van der Waals surface area (Å²) >= 11 is 7.19. The molecule has 0 N–H and O–H groups in total. The van der Waals surface area contributed by atoms with E-state index in [9.17, 15) is 10.1 Å². The quantitative estimate of drug-likeness (QED) is 0.212. The summed E-state index contributed by atoms with van der Waals surface area (Å²) in [6.07, 6.45) is 7.19. The summed E-state index contributed by atoms with van der Waals surface area (Å²) in [7, 11) is 0. The van der Waals surface area contributed by atoms with E-state index in [-0.39, 0.29) is 18.1 Å². The first-order valence-electron chi connectivity index (χ1n) is 12.2. The molecule has 3 aromatic carbocycles. The standard InChI is InChI=1S/C29H24Br2N4O2/c30-24-14-19(15-25(31)27(24)37-18-22-11-5-4-10-21(22)16-32)17-33-35-28(20-8-2-1-3-9-20)34-26-13-7-6-12-23(26)29(35)36/h4-7,10-15,17,20H,1-3,8-9,18H2. The van der Waals surface area contributed by atoms with Gasteiger partial charge in [-0.3, -0.25) is 4.79 Å². The van der Waals surface area contributed by atoms with Crippen LogP contribution in [0.15, 0.2) is 79.5 Å². The summed E-state index contributed by atoms with van der Waals surface area (Å²) < 4.78 is 8.96. The average Bonchev–Trinajstić information content (AvgIpc) is 2.92. The Morgan fingerprint density at radius 3 is 2.51 bits per heavy atom. The number of para-hydroxylation sites is 1. The molecule has 5 rings (SSSR count). The Balaban J connectivity index is 1.46. The number of rotatable bonds is 6. The highest BCUT2D eigenvalue weighted by atomic mass is 79.9. The molecular weight excluding hydrogens is 596 g/mol. The van der Waals surface area contributed by atoms with Gasteiger partial charge in [-0.15, -0.1) is 0 Å². The Labute approximate surface area is 231 Å². The van der Waals surface area contributed by atoms with Gasteiger partial charge in [0.25, 0.3) is 5.56 Å². The van der Waals surface area contributed by atoms with E-state index in [0.29, 0.717) is 22.2 Å². The molecule has 4 aromatic rings. The highest BCUT2D eigenvalue weighted by Gasteiger charge is 2.22. The number of ether oxygens (including phenoxy) is 1. The van der Waals surface area contributed by atoms with Gasteiger partial charge in [-0.1, -0.05) is 49.6 Å². The second-order valence-electron chi connectivity index (χ2n) is 9.05. The number of hydrogen-bond acceptors (Lipinski definition) is 5. The SMILES string of the molecule is N#Cc1ccccc1COc1c(Br)cc(C=Nn2c(C3CCCCC3)nc3ccccc3c2=O)cc1Br. The summed E-state index contributed by atoms with van der Waals surface area (Å²) in [5, 5.41) is 14.5. The number of halogens is 2. The van der Waals surface area contributed by atoms with E-state index in [1.807, 2.05) is 48.5 Å². The minimum Gasteiger partial charge on any atom is -0.486 e. The van der Waals surface area contributed by atoms with E-state index in [1.165, 1.54) is 11.1 Å². The number of aromatic nitrogens is 2. The predicted octanol–water partition coefficient (Wildman–Crippen LogP) is 7.30. The first-order valence-corrected chi connectivity index (χ1v) is 13.8.